The van der Waals surface area contributed by atoms with Gasteiger partial charge < -0.3 is 20.1 Å². The predicted molar refractivity (Wildman–Crippen MR) is 87.3 cm³/mol. The van der Waals surface area contributed by atoms with Crippen LogP contribution in [0.5, 0.6) is 5.75 Å². The Kier molecular flexibility index (Phi) is 5.80. The summed E-state index contributed by atoms with van der Waals surface area (Å²) in [6.07, 6.45) is 1.35. The molecule has 1 atom stereocenters. The van der Waals surface area contributed by atoms with Crippen molar-refractivity contribution in [3.63, 3.8) is 0 Å². The molecule has 1 unspecified atom stereocenters. The number of methoxy groups -OCH3 is 1. The Morgan fingerprint density at radius 2 is 2.26 bits per heavy atom. The summed E-state index contributed by atoms with van der Waals surface area (Å²) in [4.78, 5) is 12.0. The number of hydrogen-bond acceptors (Lipinski definition) is 6. The van der Waals surface area contributed by atoms with Crippen molar-refractivity contribution in [3.8, 4) is 5.75 Å². The Morgan fingerprint density at radius 3 is 2.87 bits per heavy atom. The van der Waals surface area contributed by atoms with Crippen LogP contribution < -0.4 is 20.1 Å². The number of anilines is 2. The molecule has 1 aromatic rings. The molecule has 1 saturated heterocycles. The van der Waals surface area contributed by atoms with Crippen molar-refractivity contribution in [3.05, 3.63) is 18.2 Å². The van der Waals surface area contributed by atoms with E-state index in [9.17, 15) is 13.2 Å². The van der Waals surface area contributed by atoms with Crippen LogP contribution in [-0.2, 0) is 19.6 Å². The first-order chi connectivity index (χ1) is 10.9. The number of morpholine rings is 1. The molecule has 1 heterocycles. The van der Waals surface area contributed by atoms with E-state index in [2.05, 4.69) is 15.4 Å². The van der Waals surface area contributed by atoms with Crippen molar-refractivity contribution >= 4 is 27.3 Å². The highest BCUT2D eigenvalue weighted by Crippen LogP contribution is 2.28. The molecule has 128 valence electrons. The molecule has 0 aliphatic carbocycles. The van der Waals surface area contributed by atoms with Crippen LogP contribution in [-0.4, -0.2) is 53.5 Å². The highest BCUT2D eigenvalue weighted by atomic mass is 32.2. The smallest absolute Gasteiger partial charge is 0.229 e. The Labute approximate surface area is 135 Å². The van der Waals surface area contributed by atoms with Crippen LogP contribution in [0.25, 0.3) is 0 Å². The van der Waals surface area contributed by atoms with E-state index >= 15 is 0 Å². The molecule has 8 nitrogen and oxygen atoms in total. The van der Waals surface area contributed by atoms with Gasteiger partial charge in [0.25, 0.3) is 0 Å². The van der Waals surface area contributed by atoms with E-state index in [-0.39, 0.29) is 11.9 Å². The standard InChI is InChI=1S/C14H21N3O5S/c1-21-13-7-10(3-4-12(13)17-23(2,19)20)16-14(18)8-11-9-22-6-5-15-11/h3-4,7,11,15,17H,5-6,8-9H2,1-2H3,(H,16,18). The summed E-state index contributed by atoms with van der Waals surface area (Å²) in [5.41, 5.74) is 0.845. The lowest BCUT2D eigenvalue weighted by molar-refractivity contribution is -0.117. The summed E-state index contributed by atoms with van der Waals surface area (Å²) in [6, 6.07) is 4.71. The highest BCUT2D eigenvalue weighted by Gasteiger charge is 2.17. The first kappa shape index (κ1) is 17.5. The summed E-state index contributed by atoms with van der Waals surface area (Å²) >= 11 is 0. The third-order valence-electron chi connectivity index (χ3n) is 3.21. The van der Waals surface area contributed by atoms with E-state index in [0.29, 0.717) is 36.8 Å². The summed E-state index contributed by atoms with van der Waals surface area (Å²) in [5.74, 6) is 0.172. The maximum Gasteiger partial charge on any atom is 0.229 e. The van der Waals surface area contributed by atoms with Gasteiger partial charge in [-0.15, -0.1) is 0 Å². The van der Waals surface area contributed by atoms with Gasteiger partial charge in [0.1, 0.15) is 5.75 Å². The maximum absolute atomic E-state index is 12.0. The number of hydrogen-bond donors (Lipinski definition) is 3. The van der Waals surface area contributed by atoms with Crippen molar-refractivity contribution in [2.45, 2.75) is 12.5 Å². The number of ether oxygens (including phenoxy) is 2. The van der Waals surface area contributed by atoms with Gasteiger partial charge in [0.15, 0.2) is 0 Å². The van der Waals surface area contributed by atoms with Crippen molar-refractivity contribution in [1.29, 1.82) is 0 Å². The van der Waals surface area contributed by atoms with Gasteiger partial charge in [-0.25, -0.2) is 8.42 Å². The van der Waals surface area contributed by atoms with E-state index < -0.39 is 10.0 Å². The average Bonchev–Trinajstić information content (AvgIpc) is 2.48. The van der Waals surface area contributed by atoms with Gasteiger partial charge in [-0.05, 0) is 12.1 Å². The third-order valence-corrected chi connectivity index (χ3v) is 3.80. The highest BCUT2D eigenvalue weighted by molar-refractivity contribution is 7.92. The number of sulfonamides is 1. The molecule has 1 fully saturated rings. The summed E-state index contributed by atoms with van der Waals surface area (Å²) in [7, 11) is -1.98. The monoisotopic (exact) mass is 343 g/mol. The van der Waals surface area contributed by atoms with Crippen LogP contribution in [0, 0.1) is 0 Å². The van der Waals surface area contributed by atoms with Gasteiger partial charge in [0, 0.05) is 30.8 Å². The number of rotatable bonds is 6. The van der Waals surface area contributed by atoms with Crippen LogP contribution in [0.15, 0.2) is 18.2 Å². The molecule has 1 amide bonds. The van der Waals surface area contributed by atoms with E-state index in [1.165, 1.54) is 13.2 Å². The van der Waals surface area contributed by atoms with Gasteiger partial charge in [0.05, 0.1) is 32.3 Å². The molecule has 0 saturated carbocycles. The molecule has 0 aromatic heterocycles. The van der Waals surface area contributed by atoms with Crippen LogP contribution in [0.2, 0.25) is 0 Å². The number of carbonyl (C=O) groups excluding carboxylic acids is 1. The van der Waals surface area contributed by atoms with Crippen molar-refractivity contribution < 1.29 is 22.7 Å². The molecule has 0 radical (unpaired) electrons. The molecule has 0 bridgehead atoms. The Morgan fingerprint density at radius 1 is 1.48 bits per heavy atom. The molecule has 9 heteroatoms. The molecular weight excluding hydrogens is 322 g/mol. The van der Waals surface area contributed by atoms with Crippen LogP contribution >= 0.6 is 0 Å². The predicted octanol–water partition coefficient (Wildman–Crippen LogP) is 0.384. The lowest BCUT2D eigenvalue weighted by atomic mass is 10.2. The van der Waals surface area contributed by atoms with Crippen LogP contribution in [0.1, 0.15) is 6.42 Å². The van der Waals surface area contributed by atoms with Crippen molar-refractivity contribution in [2.75, 3.05) is 43.2 Å². The fourth-order valence-electron chi connectivity index (χ4n) is 2.24. The molecule has 1 aromatic carbocycles. The largest absolute Gasteiger partial charge is 0.494 e. The molecule has 23 heavy (non-hydrogen) atoms. The minimum atomic E-state index is -3.40. The number of amides is 1. The second-order valence-electron chi connectivity index (χ2n) is 5.27. The minimum absolute atomic E-state index is 0.00294. The normalized spacial score (nSPS) is 18.3. The number of nitrogens with one attached hydrogen (secondary N) is 3. The molecule has 2 rings (SSSR count). The van der Waals surface area contributed by atoms with Crippen molar-refractivity contribution in [2.24, 2.45) is 0 Å². The Balaban J connectivity index is 2.00. The summed E-state index contributed by atoms with van der Waals surface area (Å²) in [6.45, 7) is 1.90. The fourth-order valence-corrected chi connectivity index (χ4v) is 2.81. The van der Waals surface area contributed by atoms with E-state index in [1.807, 2.05) is 0 Å². The average molecular weight is 343 g/mol. The molecule has 1 aliphatic heterocycles. The van der Waals surface area contributed by atoms with Gasteiger partial charge in [0.2, 0.25) is 15.9 Å². The Hall–Kier alpha value is -1.84. The summed E-state index contributed by atoms with van der Waals surface area (Å²) < 4.78 is 35.4. The molecular formula is C14H21N3O5S. The number of carbonyl (C=O) groups is 1. The van der Waals surface area contributed by atoms with E-state index in [0.717, 1.165) is 12.8 Å². The second-order valence-corrected chi connectivity index (χ2v) is 7.02. The first-order valence-corrected chi connectivity index (χ1v) is 9.03. The zero-order valence-corrected chi connectivity index (χ0v) is 13.9. The quantitative estimate of drug-likeness (QED) is 0.690. The van der Waals surface area contributed by atoms with Gasteiger partial charge >= 0.3 is 0 Å². The van der Waals surface area contributed by atoms with E-state index in [1.54, 1.807) is 12.1 Å². The molecule has 1 aliphatic rings. The second kappa shape index (κ2) is 7.62. The zero-order valence-electron chi connectivity index (χ0n) is 13.1. The topological polar surface area (TPSA) is 106 Å². The SMILES string of the molecule is COc1cc(NC(=O)CC2COCCN2)ccc1NS(C)(=O)=O. The lowest BCUT2D eigenvalue weighted by Crippen LogP contribution is -2.43. The van der Waals surface area contributed by atoms with Crippen LogP contribution in [0.3, 0.4) is 0 Å². The first-order valence-electron chi connectivity index (χ1n) is 7.14. The molecule has 0 spiro atoms. The maximum atomic E-state index is 12.0. The third kappa shape index (κ3) is 5.70. The van der Waals surface area contributed by atoms with Gasteiger partial charge in [-0.1, -0.05) is 0 Å². The molecule has 3 N–H and O–H groups in total. The summed E-state index contributed by atoms with van der Waals surface area (Å²) in [5, 5.41) is 5.97. The van der Waals surface area contributed by atoms with Crippen molar-refractivity contribution in [1.82, 2.24) is 5.32 Å². The van der Waals surface area contributed by atoms with Gasteiger partial charge in [-0.2, -0.15) is 0 Å². The number of benzene rings is 1. The van der Waals surface area contributed by atoms with Crippen LogP contribution in [0.4, 0.5) is 11.4 Å². The fraction of sp³-hybridized carbons (Fsp3) is 0.500. The minimum Gasteiger partial charge on any atom is -0.494 e. The Bertz CT molecular complexity index is 656. The van der Waals surface area contributed by atoms with E-state index in [4.69, 9.17) is 9.47 Å². The van der Waals surface area contributed by atoms with Gasteiger partial charge in [-0.3, -0.25) is 9.52 Å². The lowest BCUT2D eigenvalue weighted by Gasteiger charge is -2.23. The zero-order chi connectivity index (χ0) is 16.9.